The maximum atomic E-state index is 12.7. The van der Waals surface area contributed by atoms with Gasteiger partial charge in [-0.2, -0.15) is 17.4 Å². The van der Waals surface area contributed by atoms with Crippen molar-refractivity contribution in [3.05, 3.63) is 0 Å². The minimum atomic E-state index is -3.86. The standard InChI is InChI=1S/C9H18F2N2O3S/c10-9(11,8-14)7-12-17(15,16)13-5-3-1-2-4-6-13/h12,14H,1-8H2. The third-order valence-electron chi connectivity index (χ3n) is 2.65. The van der Waals surface area contributed by atoms with Gasteiger partial charge in [-0.3, -0.25) is 0 Å². The Kier molecular flexibility index (Phi) is 5.23. The van der Waals surface area contributed by atoms with Gasteiger partial charge in [0.25, 0.3) is 16.1 Å². The van der Waals surface area contributed by atoms with E-state index in [0.717, 1.165) is 25.7 Å². The summed E-state index contributed by atoms with van der Waals surface area (Å²) in [6, 6.07) is 0. The zero-order valence-electron chi connectivity index (χ0n) is 9.53. The topological polar surface area (TPSA) is 69.6 Å². The van der Waals surface area contributed by atoms with Gasteiger partial charge >= 0.3 is 0 Å². The molecule has 1 rings (SSSR count). The largest absolute Gasteiger partial charge is 0.390 e. The number of nitrogens with one attached hydrogen (secondary N) is 1. The van der Waals surface area contributed by atoms with E-state index in [4.69, 9.17) is 5.11 Å². The molecule has 2 N–H and O–H groups in total. The van der Waals surface area contributed by atoms with Crippen molar-refractivity contribution in [3.63, 3.8) is 0 Å². The van der Waals surface area contributed by atoms with Crippen LogP contribution in [0.5, 0.6) is 0 Å². The zero-order chi connectivity index (χ0) is 12.9. The van der Waals surface area contributed by atoms with E-state index in [1.165, 1.54) is 4.31 Å². The van der Waals surface area contributed by atoms with Crippen LogP contribution in [0.1, 0.15) is 25.7 Å². The van der Waals surface area contributed by atoms with Crippen LogP contribution in [0.15, 0.2) is 0 Å². The first-order chi connectivity index (χ1) is 7.87. The zero-order valence-corrected chi connectivity index (χ0v) is 10.3. The first-order valence-electron chi connectivity index (χ1n) is 5.61. The van der Waals surface area contributed by atoms with E-state index >= 15 is 0 Å². The number of nitrogens with zero attached hydrogens (tertiary/aromatic N) is 1. The van der Waals surface area contributed by atoms with Crippen molar-refractivity contribution < 1.29 is 22.3 Å². The van der Waals surface area contributed by atoms with Crippen LogP contribution in [0, 0.1) is 0 Å². The molecule has 17 heavy (non-hydrogen) atoms. The van der Waals surface area contributed by atoms with Crippen molar-refractivity contribution in [1.29, 1.82) is 0 Å². The number of alkyl halides is 2. The number of halogens is 2. The Morgan fingerprint density at radius 1 is 1.18 bits per heavy atom. The highest BCUT2D eigenvalue weighted by Crippen LogP contribution is 2.14. The summed E-state index contributed by atoms with van der Waals surface area (Å²) in [6.07, 6.45) is 3.41. The number of hydrogen-bond acceptors (Lipinski definition) is 3. The fraction of sp³-hybridized carbons (Fsp3) is 1.00. The average Bonchev–Trinajstić information content (AvgIpc) is 2.56. The Labute approximate surface area is 100.0 Å². The van der Waals surface area contributed by atoms with Gasteiger partial charge in [0.05, 0.1) is 6.54 Å². The Morgan fingerprint density at radius 3 is 2.18 bits per heavy atom. The highest BCUT2D eigenvalue weighted by molar-refractivity contribution is 7.87. The molecule has 0 aromatic carbocycles. The van der Waals surface area contributed by atoms with Crippen LogP contribution in [0.2, 0.25) is 0 Å². The van der Waals surface area contributed by atoms with Gasteiger partial charge in [0.1, 0.15) is 6.61 Å². The van der Waals surface area contributed by atoms with Gasteiger partial charge in [0, 0.05) is 13.1 Å². The van der Waals surface area contributed by atoms with Gasteiger partial charge in [-0.05, 0) is 12.8 Å². The normalized spacial score (nSPS) is 20.2. The highest BCUT2D eigenvalue weighted by atomic mass is 32.2. The molecule has 0 bridgehead atoms. The molecule has 0 atom stereocenters. The molecule has 1 heterocycles. The quantitative estimate of drug-likeness (QED) is 0.757. The van der Waals surface area contributed by atoms with Gasteiger partial charge in [-0.15, -0.1) is 0 Å². The summed E-state index contributed by atoms with van der Waals surface area (Å²) in [4.78, 5) is 0. The summed E-state index contributed by atoms with van der Waals surface area (Å²) in [5.74, 6) is -3.42. The maximum absolute atomic E-state index is 12.7. The highest BCUT2D eigenvalue weighted by Gasteiger charge is 2.31. The minimum absolute atomic E-state index is 0.361. The van der Waals surface area contributed by atoms with E-state index in [9.17, 15) is 17.2 Å². The van der Waals surface area contributed by atoms with Crippen LogP contribution < -0.4 is 4.72 Å². The van der Waals surface area contributed by atoms with Crippen molar-refractivity contribution in [2.45, 2.75) is 31.6 Å². The minimum Gasteiger partial charge on any atom is -0.390 e. The first kappa shape index (κ1) is 14.7. The van der Waals surface area contributed by atoms with Gasteiger partial charge in [0.2, 0.25) is 0 Å². The van der Waals surface area contributed by atoms with Gasteiger partial charge in [0.15, 0.2) is 0 Å². The molecule has 0 amide bonds. The molecule has 1 fully saturated rings. The van der Waals surface area contributed by atoms with Gasteiger partial charge in [-0.1, -0.05) is 12.8 Å². The first-order valence-corrected chi connectivity index (χ1v) is 7.05. The van der Waals surface area contributed by atoms with Crippen molar-refractivity contribution in [1.82, 2.24) is 9.03 Å². The SMILES string of the molecule is O=S(=O)(NCC(F)(F)CO)N1CCCCCC1. The molecule has 0 radical (unpaired) electrons. The molecule has 1 aliphatic rings. The molecule has 0 aromatic heterocycles. The molecule has 1 saturated heterocycles. The third-order valence-corrected chi connectivity index (χ3v) is 4.20. The Hall–Kier alpha value is -0.310. The van der Waals surface area contributed by atoms with Crippen LogP contribution in [0.25, 0.3) is 0 Å². The smallest absolute Gasteiger partial charge is 0.283 e. The summed E-state index contributed by atoms with van der Waals surface area (Å²) in [7, 11) is -3.86. The van der Waals surface area contributed by atoms with Crippen LogP contribution in [-0.2, 0) is 10.2 Å². The Balaban J connectivity index is 2.55. The second-order valence-corrected chi connectivity index (χ2v) is 5.91. The fourth-order valence-corrected chi connectivity index (χ4v) is 2.94. The van der Waals surface area contributed by atoms with E-state index < -0.39 is 29.3 Å². The second-order valence-electron chi connectivity index (χ2n) is 4.15. The summed E-state index contributed by atoms with van der Waals surface area (Å²) < 4.78 is 51.9. The summed E-state index contributed by atoms with van der Waals surface area (Å²) in [5.41, 5.74) is 0. The lowest BCUT2D eigenvalue weighted by atomic mass is 10.2. The third kappa shape index (κ3) is 4.82. The molecule has 5 nitrogen and oxygen atoms in total. The molecule has 8 heteroatoms. The van der Waals surface area contributed by atoms with E-state index in [1.807, 2.05) is 4.72 Å². The summed E-state index contributed by atoms with van der Waals surface area (Å²) in [6.45, 7) is -1.71. The molecule has 102 valence electrons. The second kappa shape index (κ2) is 6.03. The van der Waals surface area contributed by atoms with Gasteiger partial charge < -0.3 is 5.11 Å². The van der Waals surface area contributed by atoms with E-state index in [-0.39, 0.29) is 0 Å². The number of hydrogen-bond donors (Lipinski definition) is 2. The molecule has 0 saturated carbocycles. The van der Waals surface area contributed by atoms with Crippen molar-refractivity contribution in [2.75, 3.05) is 26.2 Å². The number of aliphatic hydroxyl groups excluding tert-OH is 1. The maximum Gasteiger partial charge on any atom is 0.283 e. The van der Waals surface area contributed by atoms with Crippen molar-refractivity contribution >= 4 is 10.2 Å². The van der Waals surface area contributed by atoms with Crippen LogP contribution in [0.3, 0.4) is 0 Å². The average molecular weight is 272 g/mol. The molecule has 1 aliphatic heterocycles. The van der Waals surface area contributed by atoms with Crippen molar-refractivity contribution in [3.8, 4) is 0 Å². The fourth-order valence-electron chi connectivity index (χ4n) is 1.63. The van der Waals surface area contributed by atoms with E-state index in [0.29, 0.717) is 13.1 Å². The van der Waals surface area contributed by atoms with Gasteiger partial charge in [-0.25, -0.2) is 8.78 Å². The number of rotatable bonds is 5. The van der Waals surface area contributed by atoms with Crippen LogP contribution in [-0.4, -0.2) is 50.0 Å². The lowest BCUT2D eigenvalue weighted by molar-refractivity contribution is -0.0439. The van der Waals surface area contributed by atoms with E-state index in [1.54, 1.807) is 0 Å². The molecule has 0 aliphatic carbocycles. The monoisotopic (exact) mass is 272 g/mol. The molecular weight excluding hydrogens is 254 g/mol. The molecule has 0 unspecified atom stereocenters. The number of aliphatic hydroxyl groups is 1. The Morgan fingerprint density at radius 2 is 1.71 bits per heavy atom. The predicted molar refractivity (Wildman–Crippen MR) is 59.0 cm³/mol. The lowest BCUT2D eigenvalue weighted by Gasteiger charge is -2.22. The Bertz CT molecular complexity index is 327. The summed E-state index contributed by atoms with van der Waals surface area (Å²) in [5, 5.41) is 8.35. The van der Waals surface area contributed by atoms with Crippen LogP contribution >= 0.6 is 0 Å². The predicted octanol–water partition coefficient (Wildman–Crippen LogP) is 0.324. The summed E-state index contributed by atoms with van der Waals surface area (Å²) >= 11 is 0. The van der Waals surface area contributed by atoms with Crippen LogP contribution in [0.4, 0.5) is 8.78 Å². The lowest BCUT2D eigenvalue weighted by Crippen LogP contribution is -2.46. The molecule has 0 spiro atoms. The van der Waals surface area contributed by atoms with E-state index in [2.05, 4.69) is 0 Å². The molecule has 0 aromatic rings. The molecular formula is C9H18F2N2O3S. The van der Waals surface area contributed by atoms with Crippen molar-refractivity contribution in [2.24, 2.45) is 0 Å².